The summed E-state index contributed by atoms with van der Waals surface area (Å²) in [6, 6.07) is 5.07. The topological polar surface area (TPSA) is 69.7 Å². The van der Waals surface area contributed by atoms with Crippen LogP contribution < -0.4 is 5.32 Å². The van der Waals surface area contributed by atoms with Crippen molar-refractivity contribution in [2.24, 2.45) is 0 Å². The van der Waals surface area contributed by atoms with Crippen LogP contribution in [0.15, 0.2) is 24.3 Å². The minimum absolute atomic E-state index is 0.0776. The van der Waals surface area contributed by atoms with Crippen LogP contribution in [0.3, 0.4) is 0 Å². The third-order valence-electron chi connectivity index (χ3n) is 3.71. The molecule has 0 saturated carbocycles. The van der Waals surface area contributed by atoms with Crippen LogP contribution in [0.1, 0.15) is 25.5 Å². The van der Waals surface area contributed by atoms with E-state index < -0.39 is 11.9 Å². The van der Waals surface area contributed by atoms with E-state index in [1.54, 1.807) is 17.0 Å². The Hall–Kier alpha value is -2.44. The number of hydrogen-bond acceptors (Lipinski definition) is 3. The number of rotatable bonds is 5. The molecular formula is C15H18FN3O3. The first-order valence-electron chi connectivity index (χ1n) is 7.07. The molecule has 0 bridgehead atoms. The van der Waals surface area contributed by atoms with E-state index in [0.717, 1.165) is 10.5 Å². The van der Waals surface area contributed by atoms with Crippen molar-refractivity contribution in [2.75, 3.05) is 19.6 Å². The lowest BCUT2D eigenvalue weighted by Crippen LogP contribution is -2.44. The number of hydrogen-bond donors (Lipinski definition) is 1. The van der Waals surface area contributed by atoms with Crippen molar-refractivity contribution < 1.29 is 18.8 Å². The molecule has 1 unspecified atom stereocenters. The van der Waals surface area contributed by atoms with Crippen molar-refractivity contribution in [3.05, 3.63) is 35.6 Å². The van der Waals surface area contributed by atoms with Gasteiger partial charge >= 0.3 is 6.03 Å². The molecule has 22 heavy (non-hydrogen) atoms. The smallest absolute Gasteiger partial charge is 0.325 e. The Morgan fingerprint density at radius 1 is 1.36 bits per heavy atom. The van der Waals surface area contributed by atoms with Gasteiger partial charge in [-0.25, -0.2) is 9.18 Å². The highest BCUT2D eigenvalue weighted by atomic mass is 19.1. The lowest BCUT2D eigenvalue weighted by Gasteiger charge is -2.29. The van der Waals surface area contributed by atoms with Crippen LogP contribution in [-0.4, -0.2) is 47.3 Å². The average molecular weight is 307 g/mol. The van der Waals surface area contributed by atoms with Gasteiger partial charge in [0.05, 0.1) is 12.6 Å². The number of nitrogens with zero attached hydrogens (tertiary/aromatic N) is 2. The van der Waals surface area contributed by atoms with Crippen LogP contribution in [-0.2, 0) is 9.59 Å². The summed E-state index contributed by atoms with van der Waals surface area (Å²) in [7, 11) is 0. The normalized spacial score (nSPS) is 15.7. The maximum Gasteiger partial charge on any atom is 0.325 e. The molecule has 0 aromatic heterocycles. The molecule has 4 amide bonds. The molecule has 1 aromatic carbocycles. The molecule has 0 aliphatic carbocycles. The predicted octanol–water partition coefficient (Wildman–Crippen LogP) is 1.29. The molecule has 0 radical (unpaired) electrons. The monoisotopic (exact) mass is 307 g/mol. The molecule has 1 atom stereocenters. The Balaban J connectivity index is 2.09. The summed E-state index contributed by atoms with van der Waals surface area (Å²) in [4.78, 5) is 37.9. The van der Waals surface area contributed by atoms with Crippen LogP contribution in [0.2, 0.25) is 0 Å². The summed E-state index contributed by atoms with van der Waals surface area (Å²) in [5.41, 5.74) is 0.786. The highest BCUT2D eigenvalue weighted by molar-refractivity contribution is 6.04. The van der Waals surface area contributed by atoms with Crippen LogP contribution in [0.5, 0.6) is 0 Å². The number of carbonyl (C=O) groups is 3. The Morgan fingerprint density at radius 3 is 2.50 bits per heavy atom. The van der Waals surface area contributed by atoms with Gasteiger partial charge < -0.3 is 10.2 Å². The zero-order chi connectivity index (χ0) is 16.3. The summed E-state index contributed by atoms with van der Waals surface area (Å²) in [5.74, 6) is -1.08. The molecule has 7 heteroatoms. The molecule has 6 nitrogen and oxygen atoms in total. The molecule has 0 spiro atoms. The maximum absolute atomic E-state index is 13.0. The fourth-order valence-corrected chi connectivity index (χ4v) is 2.43. The van der Waals surface area contributed by atoms with E-state index in [0.29, 0.717) is 6.54 Å². The third-order valence-corrected chi connectivity index (χ3v) is 3.71. The Bertz CT molecular complexity index is 572. The zero-order valence-electron chi connectivity index (χ0n) is 12.5. The largest absolute Gasteiger partial charge is 0.335 e. The molecule has 1 heterocycles. The van der Waals surface area contributed by atoms with E-state index in [1.807, 2.05) is 13.8 Å². The van der Waals surface area contributed by atoms with Crippen molar-refractivity contribution in [2.45, 2.75) is 19.9 Å². The number of halogens is 1. The molecule has 2 rings (SSSR count). The second-order valence-corrected chi connectivity index (χ2v) is 5.05. The standard InChI is InChI=1S/C15H18FN3O3/c1-3-18(10(2)11-4-6-12(16)7-5-11)14(21)9-19-13(20)8-17-15(19)22/h4-7,10H,3,8-9H2,1-2H3,(H,17,22). The van der Waals surface area contributed by atoms with Gasteiger partial charge in [-0.05, 0) is 31.5 Å². The van der Waals surface area contributed by atoms with E-state index in [-0.39, 0.29) is 30.9 Å². The zero-order valence-corrected chi connectivity index (χ0v) is 12.5. The number of benzene rings is 1. The fourth-order valence-electron chi connectivity index (χ4n) is 2.43. The molecule has 1 N–H and O–H groups in total. The van der Waals surface area contributed by atoms with Gasteiger partial charge in [0.2, 0.25) is 5.91 Å². The maximum atomic E-state index is 13.0. The molecule has 118 valence electrons. The first-order valence-corrected chi connectivity index (χ1v) is 7.07. The van der Waals surface area contributed by atoms with Crippen LogP contribution in [0.4, 0.5) is 9.18 Å². The third kappa shape index (κ3) is 3.24. The summed E-state index contributed by atoms with van der Waals surface area (Å²) >= 11 is 0. The van der Waals surface area contributed by atoms with Gasteiger partial charge in [-0.3, -0.25) is 14.5 Å². The molecule has 1 saturated heterocycles. The molecule has 1 aromatic rings. The molecule has 1 fully saturated rings. The fraction of sp³-hybridized carbons (Fsp3) is 0.400. The Labute approximate surface area is 127 Å². The molecule has 1 aliphatic heterocycles. The van der Waals surface area contributed by atoms with E-state index in [1.165, 1.54) is 12.1 Å². The summed E-state index contributed by atoms with van der Waals surface area (Å²) in [5, 5.41) is 2.37. The quantitative estimate of drug-likeness (QED) is 0.833. The molecule has 1 aliphatic rings. The number of urea groups is 1. The second-order valence-electron chi connectivity index (χ2n) is 5.05. The van der Waals surface area contributed by atoms with Gasteiger partial charge in [0.15, 0.2) is 0 Å². The lowest BCUT2D eigenvalue weighted by atomic mass is 10.1. The van der Waals surface area contributed by atoms with Crippen molar-refractivity contribution in [3.8, 4) is 0 Å². The van der Waals surface area contributed by atoms with Crippen molar-refractivity contribution in [1.82, 2.24) is 15.1 Å². The number of amides is 4. The summed E-state index contributed by atoms with van der Waals surface area (Å²) in [6.45, 7) is 3.68. The van der Waals surface area contributed by atoms with Gasteiger partial charge in [0.25, 0.3) is 5.91 Å². The number of nitrogens with one attached hydrogen (secondary N) is 1. The van der Waals surface area contributed by atoms with Crippen LogP contribution in [0.25, 0.3) is 0 Å². The first-order chi connectivity index (χ1) is 10.4. The molecular weight excluding hydrogens is 289 g/mol. The summed E-state index contributed by atoms with van der Waals surface area (Å²) in [6.07, 6.45) is 0. The van der Waals surface area contributed by atoms with Gasteiger partial charge in [-0.2, -0.15) is 0 Å². The number of likely N-dealkylation sites (N-methyl/N-ethyl adjacent to an activating group) is 1. The van der Waals surface area contributed by atoms with Crippen molar-refractivity contribution in [3.63, 3.8) is 0 Å². The Morgan fingerprint density at radius 2 is 2.00 bits per heavy atom. The van der Waals surface area contributed by atoms with E-state index in [9.17, 15) is 18.8 Å². The Kier molecular flexibility index (Phi) is 4.75. The van der Waals surface area contributed by atoms with Gasteiger partial charge in [-0.1, -0.05) is 12.1 Å². The second kappa shape index (κ2) is 6.55. The van der Waals surface area contributed by atoms with Crippen molar-refractivity contribution >= 4 is 17.8 Å². The number of carbonyl (C=O) groups excluding carboxylic acids is 3. The van der Waals surface area contributed by atoms with E-state index in [4.69, 9.17) is 0 Å². The van der Waals surface area contributed by atoms with Gasteiger partial charge in [0, 0.05) is 6.54 Å². The van der Waals surface area contributed by atoms with Crippen LogP contribution >= 0.6 is 0 Å². The minimum Gasteiger partial charge on any atom is -0.335 e. The first kappa shape index (κ1) is 15.9. The summed E-state index contributed by atoms with van der Waals surface area (Å²) < 4.78 is 13.0. The van der Waals surface area contributed by atoms with E-state index in [2.05, 4.69) is 5.32 Å². The average Bonchev–Trinajstić information content (AvgIpc) is 2.80. The van der Waals surface area contributed by atoms with Gasteiger partial charge in [-0.15, -0.1) is 0 Å². The van der Waals surface area contributed by atoms with Crippen molar-refractivity contribution in [1.29, 1.82) is 0 Å². The highest BCUT2D eigenvalue weighted by Crippen LogP contribution is 2.20. The van der Waals surface area contributed by atoms with E-state index >= 15 is 0 Å². The lowest BCUT2D eigenvalue weighted by molar-refractivity contribution is -0.137. The SMILES string of the molecule is CCN(C(=O)CN1C(=O)CNC1=O)C(C)c1ccc(F)cc1. The predicted molar refractivity (Wildman–Crippen MR) is 77.3 cm³/mol. The number of imide groups is 1. The van der Waals surface area contributed by atoms with Gasteiger partial charge in [0.1, 0.15) is 12.4 Å². The van der Waals surface area contributed by atoms with Crippen LogP contribution in [0, 0.1) is 5.82 Å². The minimum atomic E-state index is -0.552. The highest BCUT2D eigenvalue weighted by Gasteiger charge is 2.32.